The molecule has 0 unspecified atom stereocenters. The van der Waals surface area contributed by atoms with Crippen LogP contribution in [0.15, 0.2) is 48.5 Å². The number of pyridine rings is 1. The lowest BCUT2D eigenvalue weighted by Crippen LogP contribution is -2.25. The number of rotatable bonds is 2. The third kappa shape index (κ3) is 2.75. The number of anilines is 1. The van der Waals surface area contributed by atoms with E-state index in [4.69, 9.17) is 11.6 Å². The van der Waals surface area contributed by atoms with Crippen molar-refractivity contribution in [3.8, 4) is 0 Å². The molecule has 0 aliphatic rings. The predicted molar refractivity (Wildman–Crippen MR) is 111 cm³/mol. The number of amides is 1. The molecule has 2 heterocycles. The quantitative estimate of drug-likeness (QED) is 0.400. The van der Waals surface area contributed by atoms with Crippen molar-refractivity contribution in [1.82, 2.24) is 4.98 Å². The predicted octanol–water partition coefficient (Wildman–Crippen LogP) is 6.00. The third-order valence-corrected chi connectivity index (χ3v) is 6.16. The van der Waals surface area contributed by atoms with Gasteiger partial charge in [0.2, 0.25) is 0 Å². The Kier molecular flexibility index (Phi) is 4.17. The molecule has 0 saturated heterocycles. The smallest absolute Gasteiger partial charge is 0.268 e. The molecule has 130 valence electrons. The monoisotopic (exact) mass is 380 g/mol. The number of para-hydroxylation sites is 1. The fourth-order valence-electron chi connectivity index (χ4n) is 3.00. The van der Waals surface area contributed by atoms with Crippen LogP contribution in [0.3, 0.4) is 0 Å². The lowest BCUT2D eigenvalue weighted by atomic mass is 10.1. The summed E-state index contributed by atoms with van der Waals surface area (Å²) in [5.41, 5.74) is 4.09. The van der Waals surface area contributed by atoms with Crippen LogP contribution in [0.2, 0.25) is 5.15 Å². The Bertz CT molecular complexity index is 1170. The standard InChI is InChI=1S/C21H17ClN2OS/c1-12-8-9-14(10-13(12)2)24(3)21(25)18-11-16-19(26-18)15-6-4-5-7-17(15)23-20(16)22/h4-11H,1-3H3. The van der Waals surface area contributed by atoms with Crippen LogP contribution in [-0.2, 0) is 0 Å². The molecule has 3 nitrogen and oxygen atoms in total. The first-order chi connectivity index (χ1) is 12.5. The molecule has 0 atom stereocenters. The number of halogens is 1. The zero-order chi connectivity index (χ0) is 18.4. The summed E-state index contributed by atoms with van der Waals surface area (Å²) in [6.45, 7) is 4.11. The van der Waals surface area contributed by atoms with Crippen molar-refractivity contribution in [2.24, 2.45) is 0 Å². The Morgan fingerprint density at radius 2 is 1.81 bits per heavy atom. The first-order valence-corrected chi connectivity index (χ1v) is 9.48. The summed E-state index contributed by atoms with van der Waals surface area (Å²) in [5, 5.41) is 2.28. The molecule has 26 heavy (non-hydrogen) atoms. The van der Waals surface area contributed by atoms with Crippen LogP contribution >= 0.6 is 22.9 Å². The van der Waals surface area contributed by atoms with Crippen LogP contribution in [0.25, 0.3) is 21.0 Å². The van der Waals surface area contributed by atoms with Gasteiger partial charge in [0.25, 0.3) is 5.91 Å². The molecule has 4 aromatic rings. The number of hydrogen-bond donors (Lipinski definition) is 0. The van der Waals surface area contributed by atoms with Gasteiger partial charge in [0.05, 0.1) is 10.4 Å². The van der Waals surface area contributed by atoms with Gasteiger partial charge in [0, 0.05) is 28.2 Å². The van der Waals surface area contributed by atoms with Crippen LogP contribution in [0.5, 0.6) is 0 Å². The van der Waals surface area contributed by atoms with E-state index in [1.165, 1.54) is 16.9 Å². The molecular weight excluding hydrogens is 364 g/mol. The number of carbonyl (C=O) groups is 1. The van der Waals surface area contributed by atoms with Gasteiger partial charge in [-0.25, -0.2) is 4.98 Å². The zero-order valence-corrected chi connectivity index (χ0v) is 16.3. The number of nitrogens with zero attached hydrogens (tertiary/aromatic N) is 2. The highest BCUT2D eigenvalue weighted by atomic mass is 35.5. The zero-order valence-electron chi connectivity index (χ0n) is 14.7. The minimum Gasteiger partial charge on any atom is -0.311 e. The summed E-state index contributed by atoms with van der Waals surface area (Å²) < 4.78 is 0.998. The molecule has 0 N–H and O–H groups in total. The Labute approximate surface area is 160 Å². The second-order valence-electron chi connectivity index (χ2n) is 6.41. The minimum atomic E-state index is -0.0467. The summed E-state index contributed by atoms with van der Waals surface area (Å²) in [5.74, 6) is -0.0467. The topological polar surface area (TPSA) is 33.2 Å². The van der Waals surface area contributed by atoms with E-state index in [-0.39, 0.29) is 5.91 Å². The van der Waals surface area contributed by atoms with Crippen molar-refractivity contribution < 1.29 is 4.79 Å². The number of aryl methyl sites for hydroxylation is 2. The maximum absolute atomic E-state index is 13.0. The molecule has 1 amide bonds. The fraction of sp³-hybridized carbons (Fsp3) is 0.143. The lowest BCUT2D eigenvalue weighted by molar-refractivity contribution is 0.0997. The van der Waals surface area contributed by atoms with E-state index in [2.05, 4.69) is 11.9 Å². The molecule has 0 saturated carbocycles. The summed E-state index contributed by atoms with van der Waals surface area (Å²) in [6, 6.07) is 15.7. The summed E-state index contributed by atoms with van der Waals surface area (Å²) in [6.07, 6.45) is 0. The molecule has 2 aromatic carbocycles. The van der Waals surface area contributed by atoms with E-state index in [9.17, 15) is 4.79 Å². The molecule has 2 aromatic heterocycles. The van der Waals surface area contributed by atoms with Crippen molar-refractivity contribution in [2.75, 3.05) is 11.9 Å². The van der Waals surface area contributed by atoms with Crippen molar-refractivity contribution in [2.45, 2.75) is 13.8 Å². The highest BCUT2D eigenvalue weighted by Crippen LogP contribution is 2.36. The van der Waals surface area contributed by atoms with Crippen molar-refractivity contribution in [1.29, 1.82) is 0 Å². The maximum Gasteiger partial charge on any atom is 0.268 e. The molecule has 4 rings (SSSR count). The summed E-state index contributed by atoms with van der Waals surface area (Å²) in [4.78, 5) is 19.8. The third-order valence-electron chi connectivity index (χ3n) is 4.71. The Morgan fingerprint density at radius 1 is 1.04 bits per heavy atom. The van der Waals surface area contributed by atoms with Crippen molar-refractivity contribution in [3.05, 3.63) is 69.7 Å². The molecule has 0 aliphatic heterocycles. The normalized spacial score (nSPS) is 11.2. The number of aromatic nitrogens is 1. The molecule has 0 bridgehead atoms. The number of carbonyl (C=O) groups excluding carboxylic acids is 1. The Balaban J connectivity index is 1.80. The van der Waals surface area contributed by atoms with Gasteiger partial charge in [-0.15, -0.1) is 11.3 Å². The number of benzene rings is 2. The average molecular weight is 381 g/mol. The fourth-order valence-corrected chi connectivity index (χ4v) is 4.46. The molecule has 0 radical (unpaired) electrons. The molecule has 0 fully saturated rings. The van der Waals surface area contributed by atoms with E-state index in [0.717, 1.165) is 32.2 Å². The van der Waals surface area contributed by atoms with Gasteiger partial charge in [-0.2, -0.15) is 0 Å². The van der Waals surface area contributed by atoms with Crippen LogP contribution in [0.4, 0.5) is 5.69 Å². The van der Waals surface area contributed by atoms with Crippen LogP contribution in [0.1, 0.15) is 20.8 Å². The van der Waals surface area contributed by atoms with Gasteiger partial charge in [0.1, 0.15) is 5.15 Å². The van der Waals surface area contributed by atoms with Gasteiger partial charge < -0.3 is 4.90 Å². The van der Waals surface area contributed by atoms with Gasteiger partial charge in [-0.05, 0) is 49.2 Å². The lowest BCUT2D eigenvalue weighted by Gasteiger charge is -2.17. The number of fused-ring (bicyclic) bond motifs is 3. The summed E-state index contributed by atoms with van der Waals surface area (Å²) >= 11 is 7.82. The van der Waals surface area contributed by atoms with Crippen molar-refractivity contribution >= 4 is 55.5 Å². The van der Waals surface area contributed by atoms with Gasteiger partial charge in [-0.3, -0.25) is 4.79 Å². The first kappa shape index (κ1) is 17.0. The van der Waals surface area contributed by atoms with Gasteiger partial charge in [0.15, 0.2) is 0 Å². The highest BCUT2D eigenvalue weighted by Gasteiger charge is 2.19. The number of thiophene rings is 1. The Morgan fingerprint density at radius 3 is 2.58 bits per heavy atom. The average Bonchev–Trinajstić information content (AvgIpc) is 3.09. The highest BCUT2D eigenvalue weighted by molar-refractivity contribution is 7.22. The molecule has 0 aliphatic carbocycles. The van der Waals surface area contributed by atoms with E-state index in [1.807, 2.05) is 55.5 Å². The summed E-state index contributed by atoms with van der Waals surface area (Å²) in [7, 11) is 1.80. The number of hydrogen-bond acceptors (Lipinski definition) is 3. The van der Waals surface area contributed by atoms with Crippen LogP contribution in [0, 0.1) is 13.8 Å². The van der Waals surface area contributed by atoms with Crippen LogP contribution in [-0.4, -0.2) is 17.9 Å². The minimum absolute atomic E-state index is 0.0467. The van der Waals surface area contributed by atoms with E-state index in [0.29, 0.717) is 10.0 Å². The van der Waals surface area contributed by atoms with Crippen molar-refractivity contribution in [3.63, 3.8) is 0 Å². The maximum atomic E-state index is 13.0. The van der Waals surface area contributed by atoms with Crippen LogP contribution < -0.4 is 4.90 Å². The second kappa shape index (κ2) is 6.38. The van der Waals surface area contributed by atoms with Gasteiger partial charge in [-0.1, -0.05) is 35.9 Å². The van der Waals surface area contributed by atoms with E-state index in [1.54, 1.807) is 11.9 Å². The van der Waals surface area contributed by atoms with Gasteiger partial charge >= 0.3 is 0 Å². The van der Waals surface area contributed by atoms with E-state index < -0.39 is 0 Å². The SMILES string of the molecule is Cc1ccc(N(C)C(=O)c2cc3c(Cl)nc4ccccc4c3s2)cc1C. The first-order valence-electron chi connectivity index (χ1n) is 8.29. The molecular formula is C21H17ClN2OS. The van der Waals surface area contributed by atoms with E-state index >= 15 is 0 Å². The molecule has 5 heteroatoms. The molecule has 0 spiro atoms. The largest absolute Gasteiger partial charge is 0.311 e. The second-order valence-corrected chi connectivity index (χ2v) is 7.82. The Hall–Kier alpha value is -2.43.